The van der Waals surface area contributed by atoms with Crippen LogP contribution in [0.1, 0.15) is 18.9 Å². The van der Waals surface area contributed by atoms with Gasteiger partial charge in [0.25, 0.3) is 0 Å². The number of anilines is 1. The fourth-order valence-electron chi connectivity index (χ4n) is 2.22. The molecule has 1 aliphatic rings. The first-order chi connectivity index (χ1) is 9.61. The zero-order valence-corrected chi connectivity index (χ0v) is 13.3. The number of ether oxygens (including phenoxy) is 2. The lowest BCUT2D eigenvalue weighted by atomic mass is 10.1. The van der Waals surface area contributed by atoms with Gasteiger partial charge in [0, 0.05) is 24.3 Å². The SMILES string of the molecule is CSCCC(C)N(C)Cc1cc2c(cc1N)OCCO2. The maximum Gasteiger partial charge on any atom is 0.163 e. The second kappa shape index (κ2) is 7.09. The molecule has 0 saturated carbocycles. The van der Waals surface area contributed by atoms with Gasteiger partial charge in [0.15, 0.2) is 11.5 Å². The van der Waals surface area contributed by atoms with Crippen LogP contribution in [-0.4, -0.2) is 43.2 Å². The van der Waals surface area contributed by atoms with Crippen molar-refractivity contribution in [2.45, 2.75) is 25.9 Å². The second-order valence-electron chi connectivity index (χ2n) is 5.24. The first-order valence-corrected chi connectivity index (χ1v) is 8.38. The van der Waals surface area contributed by atoms with Crippen molar-refractivity contribution in [2.75, 3.05) is 38.0 Å². The topological polar surface area (TPSA) is 47.7 Å². The van der Waals surface area contributed by atoms with Gasteiger partial charge in [0.05, 0.1) is 0 Å². The van der Waals surface area contributed by atoms with E-state index in [9.17, 15) is 0 Å². The Bertz CT molecular complexity index is 454. The van der Waals surface area contributed by atoms with Crippen molar-refractivity contribution in [3.8, 4) is 11.5 Å². The Hall–Kier alpha value is -1.07. The van der Waals surface area contributed by atoms with Gasteiger partial charge in [-0.25, -0.2) is 0 Å². The van der Waals surface area contributed by atoms with Crippen LogP contribution in [0.5, 0.6) is 11.5 Å². The average molecular weight is 296 g/mol. The lowest BCUT2D eigenvalue weighted by Crippen LogP contribution is -2.29. The Morgan fingerprint density at radius 3 is 2.60 bits per heavy atom. The normalized spacial score (nSPS) is 15.4. The Labute approximate surface area is 125 Å². The van der Waals surface area contributed by atoms with Crippen molar-refractivity contribution in [2.24, 2.45) is 0 Å². The maximum absolute atomic E-state index is 6.13. The van der Waals surface area contributed by atoms with Gasteiger partial charge in [-0.2, -0.15) is 11.8 Å². The number of benzene rings is 1. The minimum atomic E-state index is 0.537. The summed E-state index contributed by atoms with van der Waals surface area (Å²) in [6, 6.07) is 4.43. The Kier molecular flexibility index (Phi) is 5.43. The molecule has 1 atom stereocenters. The molecule has 0 aromatic heterocycles. The van der Waals surface area contributed by atoms with Gasteiger partial charge in [-0.3, -0.25) is 4.90 Å². The molecular weight excluding hydrogens is 272 g/mol. The summed E-state index contributed by atoms with van der Waals surface area (Å²) < 4.78 is 11.2. The molecule has 0 amide bonds. The molecule has 112 valence electrons. The van der Waals surface area contributed by atoms with Crippen LogP contribution >= 0.6 is 11.8 Å². The summed E-state index contributed by atoms with van der Waals surface area (Å²) in [5.74, 6) is 2.75. The van der Waals surface area contributed by atoms with Crippen molar-refractivity contribution < 1.29 is 9.47 Å². The van der Waals surface area contributed by atoms with Gasteiger partial charge in [-0.05, 0) is 44.0 Å². The number of nitrogens with two attached hydrogens (primary N) is 1. The van der Waals surface area contributed by atoms with Gasteiger partial charge in [-0.15, -0.1) is 0 Å². The largest absolute Gasteiger partial charge is 0.486 e. The van der Waals surface area contributed by atoms with E-state index in [4.69, 9.17) is 15.2 Å². The highest BCUT2D eigenvalue weighted by atomic mass is 32.2. The maximum atomic E-state index is 6.13. The van der Waals surface area contributed by atoms with Crippen molar-refractivity contribution in [1.82, 2.24) is 4.90 Å². The molecule has 0 bridgehead atoms. The van der Waals surface area contributed by atoms with Crippen LogP contribution in [0.4, 0.5) is 5.69 Å². The summed E-state index contributed by atoms with van der Waals surface area (Å²) in [5.41, 5.74) is 8.01. The number of thioether (sulfide) groups is 1. The summed E-state index contributed by atoms with van der Waals surface area (Å²) in [7, 11) is 2.14. The predicted octanol–water partition coefficient (Wildman–Crippen LogP) is 2.61. The quantitative estimate of drug-likeness (QED) is 0.818. The summed E-state index contributed by atoms with van der Waals surface area (Å²) in [6.45, 7) is 4.29. The smallest absolute Gasteiger partial charge is 0.163 e. The van der Waals surface area contributed by atoms with Gasteiger partial charge in [-0.1, -0.05) is 0 Å². The summed E-state index contributed by atoms with van der Waals surface area (Å²) in [4.78, 5) is 2.33. The third-order valence-corrected chi connectivity index (χ3v) is 4.36. The fourth-order valence-corrected chi connectivity index (χ4v) is 2.79. The lowest BCUT2D eigenvalue weighted by molar-refractivity contribution is 0.171. The zero-order valence-electron chi connectivity index (χ0n) is 12.5. The fraction of sp³-hybridized carbons (Fsp3) is 0.600. The number of hydrogen-bond donors (Lipinski definition) is 1. The van der Waals surface area contributed by atoms with E-state index < -0.39 is 0 Å². The Morgan fingerprint density at radius 2 is 1.95 bits per heavy atom. The van der Waals surface area contributed by atoms with E-state index in [2.05, 4.69) is 25.1 Å². The predicted molar refractivity (Wildman–Crippen MR) is 85.8 cm³/mol. The molecule has 20 heavy (non-hydrogen) atoms. The van der Waals surface area contributed by atoms with E-state index in [1.54, 1.807) is 0 Å². The molecule has 0 radical (unpaired) electrons. The zero-order chi connectivity index (χ0) is 14.5. The Balaban J connectivity index is 2.05. The molecule has 2 N–H and O–H groups in total. The molecule has 1 aromatic carbocycles. The van der Waals surface area contributed by atoms with E-state index in [0.717, 1.165) is 29.3 Å². The summed E-state index contributed by atoms with van der Waals surface area (Å²) >= 11 is 1.89. The second-order valence-corrected chi connectivity index (χ2v) is 6.23. The summed E-state index contributed by atoms with van der Waals surface area (Å²) in [5, 5.41) is 0. The van der Waals surface area contributed by atoms with Gasteiger partial charge in [0.2, 0.25) is 0 Å². The van der Waals surface area contributed by atoms with Crippen LogP contribution in [-0.2, 0) is 6.54 Å². The third kappa shape index (κ3) is 3.73. The first kappa shape index (κ1) is 15.3. The molecule has 0 spiro atoms. The van der Waals surface area contributed by atoms with Gasteiger partial charge >= 0.3 is 0 Å². The highest BCUT2D eigenvalue weighted by Crippen LogP contribution is 2.35. The van der Waals surface area contributed by atoms with Crippen molar-refractivity contribution in [1.29, 1.82) is 0 Å². The summed E-state index contributed by atoms with van der Waals surface area (Å²) in [6.07, 6.45) is 3.33. The first-order valence-electron chi connectivity index (χ1n) is 6.99. The van der Waals surface area contributed by atoms with Crippen LogP contribution < -0.4 is 15.2 Å². The number of hydrogen-bond acceptors (Lipinski definition) is 5. The van der Waals surface area contributed by atoms with Crippen molar-refractivity contribution in [3.63, 3.8) is 0 Å². The van der Waals surface area contributed by atoms with Crippen LogP contribution in [0, 0.1) is 0 Å². The van der Waals surface area contributed by atoms with E-state index in [1.807, 2.05) is 23.9 Å². The monoisotopic (exact) mass is 296 g/mol. The molecule has 1 unspecified atom stereocenters. The minimum absolute atomic E-state index is 0.537. The number of nitrogen functional groups attached to an aromatic ring is 1. The molecule has 1 aromatic rings. The van der Waals surface area contributed by atoms with Crippen molar-refractivity contribution in [3.05, 3.63) is 17.7 Å². The molecule has 0 aliphatic carbocycles. The minimum Gasteiger partial charge on any atom is -0.486 e. The number of fused-ring (bicyclic) bond motifs is 1. The van der Waals surface area contributed by atoms with E-state index in [1.165, 1.54) is 12.2 Å². The van der Waals surface area contributed by atoms with Crippen molar-refractivity contribution >= 4 is 17.4 Å². The van der Waals surface area contributed by atoms with Gasteiger partial charge in [0.1, 0.15) is 13.2 Å². The molecular formula is C15H24N2O2S. The molecule has 0 fully saturated rings. The molecule has 4 nitrogen and oxygen atoms in total. The molecule has 1 aliphatic heterocycles. The lowest BCUT2D eigenvalue weighted by Gasteiger charge is -2.26. The van der Waals surface area contributed by atoms with Gasteiger partial charge < -0.3 is 15.2 Å². The van der Waals surface area contributed by atoms with Crippen LogP contribution in [0.2, 0.25) is 0 Å². The standard InChI is InChI=1S/C15H24N2O2S/c1-11(4-7-20-3)17(2)10-12-8-14-15(9-13(12)16)19-6-5-18-14/h8-9,11H,4-7,10,16H2,1-3H3. The molecule has 5 heteroatoms. The van der Waals surface area contributed by atoms with E-state index in [-0.39, 0.29) is 0 Å². The van der Waals surface area contributed by atoms with Crippen LogP contribution in [0.3, 0.4) is 0 Å². The highest BCUT2D eigenvalue weighted by molar-refractivity contribution is 7.98. The molecule has 0 saturated heterocycles. The van der Waals surface area contributed by atoms with Crippen LogP contribution in [0.15, 0.2) is 12.1 Å². The highest BCUT2D eigenvalue weighted by Gasteiger charge is 2.17. The Morgan fingerprint density at radius 1 is 1.30 bits per heavy atom. The van der Waals surface area contributed by atoms with Crippen LogP contribution in [0.25, 0.3) is 0 Å². The number of nitrogens with zero attached hydrogens (tertiary/aromatic N) is 1. The average Bonchev–Trinajstić information content (AvgIpc) is 2.45. The van der Waals surface area contributed by atoms with E-state index in [0.29, 0.717) is 19.3 Å². The molecule has 2 rings (SSSR count). The van der Waals surface area contributed by atoms with E-state index >= 15 is 0 Å². The number of rotatable bonds is 6. The molecule has 1 heterocycles. The third-order valence-electron chi connectivity index (χ3n) is 3.72.